The molecule has 0 bridgehead atoms. The fourth-order valence-corrected chi connectivity index (χ4v) is 5.38. The van der Waals surface area contributed by atoms with Gasteiger partial charge in [0.15, 0.2) is 0 Å². The first-order valence-corrected chi connectivity index (χ1v) is 11.9. The molecule has 2 unspecified atom stereocenters. The molecule has 1 saturated carbocycles. The molecule has 1 aliphatic carbocycles. The quantitative estimate of drug-likeness (QED) is 0.704. The summed E-state index contributed by atoms with van der Waals surface area (Å²) in [4.78, 5) is 35.5. The van der Waals surface area contributed by atoms with Gasteiger partial charge in [-0.25, -0.2) is 0 Å². The highest BCUT2D eigenvalue weighted by Crippen LogP contribution is 2.40. The molecule has 0 aromatic heterocycles. The summed E-state index contributed by atoms with van der Waals surface area (Å²) in [6, 6.07) is 0.337. The van der Waals surface area contributed by atoms with Crippen molar-refractivity contribution in [2.24, 2.45) is 10.8 Å². The average Bonchev–Trinajstić information content (AvgIpc) is 3.03. The summed E-state index contributed by atoms with van der Waals surface area (Å²) >= 11 is 0. The molecule has 3 fully saturated rings. The number of nitrogens with zero attached hydrogens (tertiary/aromatic N) is 4. The zero-order valence-electron chi connectivity index (χ0n) is 20.4. The van der Waals surface area contributed by atoms with Crippen molar-refractivity contribution in [3.8, 4) is 0 Å². The number of amides is 2. The van der Waals surface area contributed by atoms with Crippen molar-refractivity contribution in [2.45, 2.75) is 84.8 Å². The molecule has 6 heteroatoms. The van der Waals surface area contributed by atoms with Crippen LogP contribution in [0.25, 0.3) is 0 Å². The summed E-state index contributed by atoms with van der Waals surface area (Å²) in [5.74, 6) is 0.499. The van der Waals surface area contributed by atoms with E-state index in [2.05, 4.69) is 42.6 Å². The van der Waals surface area contributed by atoms with E-state index in [4.69, 9.17) is 0 Å². The largest absolute Gasteiger partial charge is 0.339 e. The Kier molecular flexibility index (Phi) is 6.88. The molecular formula is C24H44N4O2. The Morgan fingerprint density at radius 2 is 1.50 bits per heavy atom. The Labute approximate surface area is 183 Å². The summed E-state index contributed by atoms with van der Waals surface area (Å²) < 4.78 is 0. The molecule has 172 valence electrons. The molecule has 0 radical (unpaired) electrons. The Hall–Kier alpha value is -1.14. The van der Waals surface area contributed by atoms with Gasteiger partial charge in [-0.1, -0.05) is 34.6 Å². The smallest absolute Gasteiger partial charge is 0.240 e. The SMILES string of the molecule is CN1CCN(C(=O)C2CC(N(C(=O)C(C)(C)C)C3CCC(C)(C)CC3)CN2C)CC1. The van der Waals surface area contributed by atoms with Crippen LogP contribution in [-0.4, -0.2) is 96.4 Å². The van der Waals surface area contributed by atoms with Gasteiger partial charge in [0, 0.05) is 50.2 Å². The zero-order valence-corrected chi connectivity index (χ0v) is 20.4. The van der Waals surface area contributed by atoms with Crippen molar-refractivity contribution in [1.29, 1.82) is 0 Å². The molecule has 3 rings (SSSR count). The molecule has 2 aliphatic heterocycles. The lowest BCUT2D eigenvalue weighted by Crippen LogP contribution is -2.53. The highest BCUT2D eigenvalue weighted by Gasteiger charge is 2.45. The second kappa shape index (κ2) is 8.78. The molecular weight excluding hydrogens is 376 g/mol. The van der Waals surface area contributed by atoms with E-state index in [-0.39, 0.29) is 23.9 Å². The standard InChI is InChI=1S/C24H44N4O2/c1-23(2,3)22(30)28(18-8-10-24(4,5)11-9-18)19-16-20(26(7)17-19)21(29)27-14-12-25(6)13-15-27/h18-20H,8-17H2,1-7H3. The van der Waals surface area contributed by atoms with Crippen LogP contribution < -0.4 is 0 Å². The summed E-state index contributed by atoms with van der Waals surface area (Å²) in [7, 11) is 4.17. The van der Waals surface area contributed by atoms with Crippen molar-refractivity contribution in [2.75, 3.05) is 46.8 Å². The van der Waals surface area contributed by atoms with Gasteiger partial charge in [-0.2, -0.15) is 0 Å². The van der Waals surface area contributed by atoms with Crippen LogP contribution in [0.3, 0.4) is 0 Å². The van der Waals surface area contributed by atoms with Crippen LogP contribution in [0.1, 0.15) is 66.7 Å². The van der Waals surface area contributed by atoms with E-state index >= 15 is 0 Å². The molecule has 0 N–H and O–H groups in total. The molecule has 6 nitrogen and oxygen atoms in total. The van der Waals surface area contributed by atoms with Gasteiger partial charge in [0.1, 0.15) is 0 Å². The number of carbonyl (C=O) groups is 2. The Balaban J connectivity index is 1.74. The van der Waals surface area contributed by atoms with Crippen LogP contribution in [0.2, 0.25) is 0 Å². The van der Waals surface area contributed by atoms with E-state index in [9.17, 15) is 9.59 Å². The summed E-state index contributed by atoms with van der Waals surface area (Å²) in [5.41, 5.74) is -0.0234. The van der Waals surface area contributed by atoms with Gasteiger partial charge in [-0.15, -0.1) is 0 Å². The van der Waals surface area contributed by atoms with Gasteiger partial charge in [0.25, 0.3) is 0 Å². The van der Waals surface area contributed by atoms with Crippen molar-refractivity contribution in [3.05, 3.63) is 0 Å². The highest BCUT2D eigenvalue weighted by molar-refractivity contribution is 5.84. The number of piperazine rings is 1. The van der Waals surface area contributed by atoms with Crippen molar-refractivity contribution in [1.82, 2.24) is 19.6 Å². The van der Waals surface area contributed by atoms with Crippen LogP contribution in [0.15, 0.2) is 0 Å². The molecule has 2 saturated heterocycles. The first kappa shape index (κ1) is 23.5. The van der Waals surface area contributed by atoms with E-state index in [1.807, 2.05) is 25.7 Å². The van der Waals surface area contributed by atoms with Crippen LogP contribution >= 0.6 is 0 Å². The molecule has 2 atom stereocenters. The monoisotopic (exact) mass is 420 g/mol. The number of hydrogen-bond donors (Lipinski definition) is 0. The van der Waals surface area contributed by atoms with Crippen LogP contribution in [-0.2, 0) is 9.59 Å². The average molecular weight is 421 g/mol. The number of likely N-dealkylation sites (tertiary alicyclic amines) is 1. The Morgan fingerprint density at radius 3 is 2.03 bits per heavy atom. The third kappa shape index (κ3) is 5.18. The first-order chi connectivity index (χ1) is 13.9. The van der Waals surface area contributed by atoms with E-state index in [0.717, 1.165) is 64.8 Å². The predicted octanol–water partition coefficient (Wildman–Crippen LogP) is 2.68. The van der Waals surface area contributed by atoms with Crippen LogP contribution in [0.4, 0.5) is 0 Å². The van der Waals surface area contributed by atoms with Gasteiger partial charge in [0.05, 0.1) is 6.04 Å². The first-order valence-electron chi connectivity index (χ1n) is 11.9. The lowest BCUT2D eigenvalue weighted by molar-refractivity contribution is -0.146. The Morgan fingerprint density at radius 1 is 0.933 bits per heavy atom. The topological polar surface area (TPSA) is 47.1 Å². The molecule has 2 amide bonds. The second-order valence-electron chi connectivity index (χ2n) is 11.8. The molecule has 30 heavy (non-hydrogen) atoms. The van der Waals surface area contributed by atoms with Crippen LogP contribution in [0.5, 0.6) is 0 Å². The summed E-state index contributed by atoms with van der Waals surface area (Å²) in [6.07, 6.45) is 5.25. The molecule has 0 aromatic rings. The highest BCUT2D eigenvalue weighted by atomic mass is 16.2. The van der Waals surface area contributed by atoms with Crippen LogP contribution in [0, 0.1) is 10.8 Å². The van der Waals surface area contributed by atoms with Gasteiger partial charge in [-0.3, -0.25) is 14.5 Å². The number of hydrogen-bond acceptors (Lipinski definition) is 4. The maximum Gasteiger partial charge on any atom is 0.240 e. The normalized spacial score (nSPS) is 29.2. The van der Waals surface area contributed by atoms with Gasteiger partial charge < -0.3 is 14.7 Å². The van der Waals surface area contributed by atoms with E-state index < -0.39 is 5.41 Å². The maximum atomic E-state index is 13.5. The summed E-state index contributed by atoms with van der Waals surface area (Å²) in [6.45, 7) is 15.1. The van der Waals surface area contributed by atoms with E-state index in [0.29, 0.717) is 11.5 Å². The maximum absolute atomic E-state index is 13.5. The summed E-state index contributed by atoms with van der Waals surface area (Å²) in [5, 5.41) is 0. The fourth-order valence-electron chi connectivity index (χ4n) is 5.38. The van der Waals surface area contributed by atoms with E-state index in [1.165, 1.54) is 0 Å². The predicted molar refractivity (Wildman–Crippen MR) is 121 cm³/mol. The second-order valence-corrected chi connectivity index (χ2v) is 11.8. The van der Waals surface area contributed by atoms with E-state index in [1.54, 1.807) is 0 Å². The minimum atomic E-state index is -0.398. The Bertz CT molecular complexity index is 624. The minimum Gasteiger partial charge on any atom is -0.339 e. The van der Waals surface area contributed by atoms with Crippen molar-refractivity contribution >= 4 is 11.8 Å². The number of likely N-dealkylation sites (N-methyl/N-ethyl adjacent to an activating group) is 2. The van der Waals surface area contributed by atoms with Crippen molar-refractivity contribution in [3.63, 3.8) is 0 Å². The molecule has 0 spiro atoms. The number of rotatable bonds is 3. The van der Waals surface area contributed by atoms with Gasteiger partial charge in [-0.05, 0) is 51.6 Å². The fraction of sp³-hybridized carbons (Fsp3) is 0.917. The molecule has 3 aliphatic rings. The van der Waals surface area contributed by atoms with Gasteiger partial charge in [0.2, 0.25) is 11.8 Å². The minimum absolute atomic E-state index is 0.103. The van der Waals surface area contributed by atoms with Crippen molar-refractivity contribution < 1.29 is 9.59 Å². The molecule has 0 aromatic carbocycles. The third-order valence-corrected chi connectivity index (χ3v) is 7.60. The number of carbonyl (C=O) groups excluding carboxylic acids is 2. The van der Waals surface area contributed by atoms with Gasteiger partial charge >= 0.3 is 0 Å². The zero-order chi connectivity index (χ0) is 22.3. The molecule has 2 heterocycles. The lowest BCUT2D eigenvalue weighted by atomic mass is 9.74. The lowest BCUT2D eigenvalue weighted by Gasteiger charge is -2.45. The third-order valence-electron chi connectivity index (χ3n) is 7.60.